The first-order valence-electron chi connectivity index (χ1n) is 0.775. The predicted octanol–water partition coefficient (Wildman–Crippen LogP) is -3.88. The first-order chi connectivity index (χ1) is 1.73. The molecule has 3 N–H and O–H groups in total. The van der Waals surface area contributed by atoms with Crippen LogP contribution in [0.4, 0.5) is 0 Å². The number of hydrogen-bond donors (Lipinski definition) is 3. The molecule has 0 aliphatic carbocycles. The molecule has 0 aliphatic rings. The van der Waals surface area contributed by atoms with Gasteiger partial charge in [0.25, 0.3) is 0 Å². The Morgan fingerprint density at radius 2 is 1.00 bits per heavy atom. The molecule has 6 heavy (non-hydrogen) atoms. The van der Waals surface area contributed by atoms with Crippen LogP contribution < -0.4 is 0 Å². The van der Waals surface area contributed by atoms with E-state index >= 15 is 0 Å². The Hall–Kier alpha value is 2.28. The maximum atomic E-state index is 7.17. The minimum atomic E-state index is -2.17. The van der Waals surface area contributed by atoms with Gasteiger partial charge in [-0.3, -0.25) is 0 Å². The van der Waals surface area contributed by atoms with Gasteiger partial charge in [-0.05, 0) is 0 Å². The molecule has 0 aromatic rings. The second-order valence-corrected chi connectivity index (χ2v) is 0.346. The molecule has 0 rings (SSSR count). The quantitative estimate of drug-likeness (QED) is 0.371. The second-order valence-electron chi connectivity index (χ2n) is 0.346. The molecule has 0 aromatic carbocycles. The van der Waals surface area contributed by atoms with Crippen LogP contribution in [0.3, 0.4) is 0 Å². The van der Waals surface area contributed by atoms with Crippen LogP contribution in [0.2, 0.25) is 0 Å². The van der Waals surface area contributed by atoms with Crippen LogP contribution in [0.1, 0.15) is 0 Å². The Labute approximate surface area is 92.5 Å². The maximum Gasteiger partial charge on any atom is 0.316 e. The van der Waals surface area contributed by atoms with E-state index in [1.165, 1.54) is 0 Å². The summed E-state index contributed by atoms with van der Waals surface area (Å²) < 4.78 is 0. The molecule has 0 spiro atoms. The van der Waals surface area contributed by atoms with E-state index in [9.17, 15) is 0 Å². The van der Waals surface area contributed by atoms with Crippen LogP contribution in [0.5, 0.6) is 0 Å². The van der Waals surface area contributed by atoms with Gasteiger partial charge in [-0.25, -0.2) is 0 Å². The summed E-state index contributed by atoms with van der Waals surface area (Å²) in [6.45, 7) is 0. The van der Waals surface area contributed by atoms with Crippen LogP contribution in [-0.4, -0.2) is 94.3 Å². The molecule has 32 valence electrons. The third kappa shape index (κ3) is 33.6. The molecule has 0 fully saturated rings. The summed E-state index contributed by atoms with van der Waals surface area (Å²) in [6, 6.07) is 0. The summed E-state index contributed by atoms with van der Waals surface area (Å²) in [5.41, 5.74) is 0. The van der Waals surface area contributed by atoms with Crippen molar-refractivity contribution in [3.8, 4) is 0 Å². The van der Waals surface area contributed by atoms with Gasteiger partial charge in [-0.2, -0.15) is 0 Å². The molecular formula is H7BBaMgO3. The van der Waals surface area contributed by atoms with Crippen LogP contribution in [0.15, 0.2) is 0 Å². The fourth-order valence-electron chi connectivity index (χ4n) is 0. The van der Waals surface area contributed by atoms with Crippen molar-refractivity contribution in [1.29, 1.82) is 0 Å². The van der Waals surface area contributed by atoms with E-state index in [0.29, 0.717) is 0 Å². The van der Waals surface area contributed by atoms with E-state index in [2.05, 4.69) is 0 Å². The first-order valence-corrected chi connectivity index (χ1v) is 0.775. The average molecular weight is 227 g/mol. The van der Waals surface area contributed by atoms with Gasteiger partial charge < -0.3 is 15.1 Å². The first kappa shape index (κ1) is 15.7. The number of rotatable bonds is 0. The Kier molecular flexibility index (Phi) is 27.0. The SMILES string of the molecule is OB(O)O.[BaH2].[MgH2]. The van der Waals surface area contributed by atoms with Crippen molar-refractivity contribution in [3.63, 3.8) is 0 Å². The Morgan fingerprint density at radius 1 is 1.00 bits per heavy atom. The summed E-state index contributed by atoms with van der Waals surface area (Å²) in [5, 5.41) is 21.5. The summed E-state index contributed by atoms with van der Waals surface area (Å²) in [4.78, 5) is 0. The second kappa shape index (κ2) is 10.3. The Balaban J connectivity index is -0.0000000450. The van der Waals surface area contributed by atoms with Crippen LogP contribution in [0, 0.1) is 0 Å². The predicted molar refractivity (Wildman–Crippen MR) is 29.5 cm³/mol. The normalized spacial score (nSPS) is 4.50. The Morgan fingerprint density at radius 3 is 1.00 bits per heavy atom. The van der Waals surface area contributed by atoms with Gasteiger partial charge in [0.2, 0.25) is 0 Å². The molecule has 0 aliphatic heterocycles. The molecule has 0 amide bonds. The molecule has 3 nitrogen and oxygen atoms in total. The van der Waals surface area contributed by atoms with E-state index in [0.717, 1.165) is 0 Å². The zero-order valence-corrected chi connectivity index (χ0v) is 1.92. The minimum absolute atomic E-state index is 0. The van der Waals surface area contributed by atoms with Gasteiger partial charge in [0.1, 0.15) is 0 Å². The maximum absolute atomic E-state index is 7.17. The third-order valence-electron chi connectivity index (χ3n) is 0. The monoisotopic (exact) mass is 228 g/mol. The molecule has 0 heterocycles. The van der Waals surface area contributed by atoms with Gasteiger partial charge in [0.15, 0.2) is 0 Å². The summed E-state index contributed by atoms with van der Waals surface area (Å²) in [5.74, 6) is 0. The van der Waals surface area contributed by atoms with Gasteiger partial charge in [0.05, 0.1) is 0 Å². The zero-order valence-electron chi connectivity index (χ0n) is 1.92. The van der Waals surface area contributed by atoms with E-state index in [-0.39, 0.29) is 71.9 Å². The van der Waals surface area contributed by atoms with Gasteiger partial charge in [-0.15, -0.1) is 0 Å². The van der Waals surface area contributed by atoms with Crippen molar-refractivity contribution in [2.45, 2.75) is 0 Å². The standard InChI is InChI=1S/BH3O3.Ba.Mg.4H/c2-1(3)4;;;;;;/h2-4H;;;;;;. The van der Waals surface area contributed by atoms with Crippen LogP contribution in [-0.2, 0) is 0 Å². The summed E-state index contributed by atoms with van der Waals surface area (Å²) in [6.07, 6.45) is 0. The van der Waals surface area contributed by atoms with Crippen molar-refractivity contribution >= 4 is 79.3 Å². The molecule has 0 saturated carbocycles. The molecule has 0 saturated heterocycles. The fraction of sp³-hybridized carbons (Fsp3) is 0. The molecule has 6 heteroatoms. The van der Waals surface area contributed by atoms with Crippen LogP contribution in [0.25, 0.3) is 0 Å². The number of hydrogen-bond acceptors (Lipinski definition) is 3. The topological polar surface area (TPSA) is 60.7 Å². The van der Waals surface area contributed by atoms with E-state index in [1.54, 1.807) is 0 Å². The van der Waals surface area contributed by atoms with E-state index in [4.69, 9.17) is 15.1 Å². The fourth-order valence-corrected chi connectivity index (χ4v) is 0. The third-order valence-corrected chi connectivity index (χ3v) is 0. The van der Waals surface area contributed by atoms with E-state index in [1.807, 2.05) is 0 Å². The van der Waals surface area contributed by atoms with E-state index < -0.39 is 7.32 Å². The van der Waals surface area contributed by atoms with Crippen molar-refractivity contribution < 1.29 is 15.1 Å². The van der Waals surface area contributed by atoms with Crippen LogP contribution >= 0.6 is 0 Å². The molecule has 0 bridgehead atoms. The van der Waals surface area contributed by atoms with Crippen molar-refractivity contribution in [2.24, 2.45) is 0 Å². The molecule has 0 atom stereocenters. The smallest absolute Gasteiger partial charge is 0.316 e. The molecule has 0 aromatic heterocycles. The molecule has 0 unspecified atom stereocenters. The minimum Gasteiger partial charge on any atom is 0.316 e. The van der Waals surface area contributed by atoms with Crippen molar-refractivity contribution in [3.05, 3.63) is 0 Å². The Bertz CT molecular complexity index is 15.5. The van der Waals surface area contributed by atoms with Crippen molar-refractivity contribution in [1.82, 2.24) is 0 Å². The van der Waals surface area contributed by atoms with Gasteiger partial charge >= 0.3 is 79.3 Å². The molecule has 0 radical (unpaired) electrons. The largest absolute Gasteiger partial charge is 0.316 e. The van der Waals surface area contributed by atoms with Gasteiger partial charge in [0, 0.05) is 0 Å². The van der Waals surface area contributed by atoms with Gasteiger partial charge in [-0.1, -0.05) is 0 Å². The zero-order chi connectivity index (χ0) is 3.58. The summed E-state index contributed by atoms with van der Waals surface area (Å²) in [7, 11) is -2.17. The molecular weight excluding hydrogens is 220 g/mol. The van der Waals surface area contributed by atoms with Crippen molar-refractivity contribution in [2.75, 3.05) is 0 Å². The average Bonchev–Trinajstić information content (AvgIpc) is 0.811. The summed E-state index contributed by atoms with van der Waals surface area (Å²) >= 11 is 0.